The zero-order chi connectivity index (χ0) is 42.0. The van der Waals surface area contributed by atoms with Gasteiger partial charge in [0.05, 0.1) is 17.8 Å². The van der Waals surface area contributed by atoms with Gasteiger partial charge in [0.1, 0.15) is 24.7 Å². The first kappa shape index (κ1) is 44.7. The zero-order valence-electron chi connectivity index (χ0n) is 34.8. The summed E-state index contributed by atoms with van der Waals surface area (Å²) in [5.74, 6) is 0.137. The monoisotopic (exact) mass is 806 g/mol. The number of ether oxygens (including phenoxy) is 4. The van der Waals surface area contributed by atoms with Crippen molar-refractivity contribution in [2.45, 2.75) is 110 Å². The van der Waals surface area contributed by atoms with Crippen molar-refractivity contribution in [3.8, 4) is 11.5 Å². The fourth-order valence-electron chi connectivity index (χ4n) is 8.04. The Bertz CT molecular complexity index is 1760. The number of hydrogen-bond acceptors (Lipinski definition) is 10. The molecule has 2 fully saturated rings. The minimum atomic E-state index is -0.593. The summed E-state index contributed by atoms with van der Waals surface area (Å²) in [7, 11) is 0. The number of unbranched alkanes of at least 4 members (excludes halogenated alkanes) is 2. The number of carbonyl (C=O) groups excluding carboxylic acids is 4. The summed E-state index contributed by atoms with van der Waals surface area (Å²) in [4.78, 5) is 51.1. The number of anilines is 2. The quantitative estimate of drug-likeness (QED) is 0.0517. The molecule has 0 radical (unpaired) electrons. The lowest BCUT2D eigenvalue weighted by atomic mass is 9.80. The van der Waals surface area contributed by atoms with E-state index in [0.29, 0.717) is 28.4 Å². The lowest BCUT2D eigenvalue weighted by molar-refractivity contribution is -0.142. The van der Waals surface area contributed by atoms with E-state index in [-0.39, 0.29) is 37.0 Å². The molecule has 4 N–H and O–H groups in total. The van der Waals surface area contributed by atoms with Crippen molar-refractivity contribution in [3.63, 3.8) is 0 Å². The minimum Gasteiger partial charge on any atom is -0.462 e. The fraction of sp³-hybridized carbons (Fsp3) is 0.469. The Hall–Kier alpha value is -5.38. The van der Waals surface area contributed by atoms with E-state index in [1.807, 2.05) is 0 Å². The summed E-state index contributed by atoms with van der Waals surface area (Å²) in [6, 6.07) is 18.9. The van der Waals surface area contributed by atoms with Crippen molar-refractivity contribution < 1.29 is 38.1 Å². The number of rotatable bonds is 19. The van der Waals surface area contributed by atoms with Gasteiger partial charge in [-0.15, -0.1) is 0 Å². The van der Waals surface area contributed by atoms with E-state index in [0.717, 1.165) is 74.3 Å². The van der Waals surface area contributed by atoms with Crippen molar-refractivity contribution in [1.82, 2.24) is 0 Å². The van der Waals surface area contributed by atoms with Crippen LogP contribution in [0.15, 0.2) is 78.9 Å². The molecule has 316 valence electrons. The van der Waals surface area contributed by atoms with Crippen LogP contribution in [-0.2, 0) is 28.7 Å². The van der Waals surface area contributed by atoms with Gasteiger partial charge >= 0.3 is 23.9 Å². The highest BCUT2D eigenvalue weighted by atomic mass is 16.6. The molecule has 5 rings (SSSR count). The van der Waals surface area contributed by atoms with E-state index in [1.165, 1.54) is 50.7 Å². The second-order valence-electron chi connectivity index (χ2n) is 16.2. The normalized spacial score (nSPS) is 19.4. The summed E-state index contributed by atoms with van der Waals surface area (Å²) in [5.41, 5.74) is 15.1. The molecule has 10 nitrogen and oxygen atoms in total. The molecule has 10 heteroatoms. The summed E-state index contributed by atoms with van der Waals surface area (Å²) in [6.07, 6.45) is 21.0. The molecule has 0 heterocycles. The number of nitrogen functional groups attached to an aromatic ring is 2. The van der Waals surface area contributed by atoms with Crippen molar-refractivity contribution in [2.75, 3.05) is 24.7 Å². The standard InChI is InChI=1S/C49H62N2O8/c1-3-5-7-34-9-19-38(20-10-34)48(54)58-42-24-13-36(14-25-42)17-29-46(52)56-32-40(44-28-23-41(50)31-45(44)51)33-57-47(53)30-18-37-15-26-43(27-16-37)59-49(55)39-21-11-35(12-22-39)8-6-4-2/h13-18,23-31,34-35,38-40H,3-12,19-22,32-33,50-51H2,1-2H3/b29-17+,30-18+/t34-,35-,38-,39-. The van der Waals surface area contributed by atoms with Gasteiger partial charge in [-0.05, 0) is 128 Å². The summed E-state index contributed by atoms with van der Waals surface area (Å²) in [5, 5.41) is 0. The topological polar surface area (TPSA) is 157 Å². The summed E-state index contributed by atoms with van der Waals surface area (Å²) >= 11 is 0. The van der Waals surface area contributed by atoms with Crippen LogP contribution >= 0.6 is 0 Å². The molecular weight excluding hydrogens is 745 g/mol. The highest BCUT2D eigenvalue weighted by Gasteiger charge is 2.29. The van der Waals surface area contributed by atoms with Crippen molar-refractivity contribution in [3.05, 3.63) is 95.6 Å². The number of nitrogens with two attached hydrogens (primary N) is 2. The lowest BCUT2D eigenvalue weighted by Gasteiger charge is -2.27. The van der Waals surface area contributed by atoms with Crippen LogP contribution in [0.4, 0.5) is 11.4 Å². The molecule has 2 saturated carbocycles. The molecule has 59 heavy (non-hydrogen) atoms. The Morgan fingerprint density at radius 3 is 1.42 bits per heavy atom. The molecule has 0 saturated heterocycles. The number of carbonyl (C=O) groups is 4. The Labute approximate surface area is 349 Å². The van der Waals surface area contributed by atoms with Crippen LogP contribution in [0.25, 0.3) is 12.2 Å². The Kier molecular flexibility index (Phi) is 17.6. The first-order valence-corrected chi connectivity index (χ1v) is 21.6. The molecule has 3 aromatic carbocycles. The third kappa shape index (κ3) is 14.7. The van der Waals surface area contributed by atoms with E-state index in [9.17, 15) is 19.2 Å². The second kappa shape index (κ2) is 23.3. The first-order chi connectivity index (χ1) is 28.6. The molecule has 0 bridgehead atoms. The van der Waals surface area contributed by atoms with Gasteiger partial charge in [0.15, 0.2) is 0 Å². The van der Waals surface area contributed by atoms with Gasteiger partial charge < -0.3 is 30.4 Å². The first-order valence-electron chi connectivity index (χ1n) is 21.6. The molecule has 0 aromatic heterocycles. The van der Waals surface area contributed by atoms with E-state index in [2.05, 4.69) is 13.8 Å². The van der Waals surface area contributed by atoms with Gasteiger partial charge in [-0.3, -0.25) is 9.59 Å². The van der Waals surface area contributed by atoms with Crippen molar-refractivity contribution >= 4 is 47.4 Å². The van der Waals surface area contributed by atoms with Gasteiger partial charge in [0.25, 0.3) is 0 Å². The smallest absolute Gasteiger partial charge is 0.330 e. The van der Waals surface area contributed by atoms with Gasteiger partial charge in [-0.2, -0.15) is 0 Å². The van der Waals surface area contributed by atoms with E-state index >= 15 is 0 Å². The van der Waals surface area contributed by atoms with Crippen LogP contribution in [0.2, 0.25) is 0 Å². The molecule has 2 aliphatic rings. The second-order valence-corrected chi connectivity index (χ2v) is 16.2. The molecule has 0 amide bonds. The maximum absolute atomic E-state index is 12.8. The largest absolute Gasteiger partial charge is 0.462 e. The third-order valence-electron chi connectivity index (χ3n) is 11.7. The van der Waals surface area contributed by atoms with Crippen molar-refractivity contribution in [2.24, 2.45) is 23.7 Å². The van der Waals surface area contributed by atoms with Gasteiger partial charge in [0.2, 0.25) is 0 Å². The molecule has 0 spiro atoms. The zero-order valence-corrected chi connectivity index (χ0v) is 34.8. The molecule has 0 aliphatic heterocycles. The molecular formula is C49H62N2O8. The predicted molar refractivity (Wildman–Crippen MR) is 232 cm³/mol. The number of esters is 4. The average molecular weight is 807 g/mol. The predicted octanol–water partition coefficient (Wildman–Crippen LogP) is 10.3. The van der Waals surface area contributed by atoms with Crippen LogP contribution < -0.4 is 20.9 Å². The van der Waals surface area contributed by atoms with E-state index in [1.54, 1.807) is 78.9 Å². The van der Waals surface area contributed by atoms with Crippen LogP contribution in [0.5, 0.6) is 11.5 Å². The molecule has 0 atom stereocenters. The SMILES string of the molecule is CCCC[C@H]1CC[C@H](C(=O)Oc2ccc(/C=C/C(=O)OCC(COC(=O)/C=C/c3ccc(OC(=O)[C@H]4CC[C@H](CCCC)CC4)cc3)c3ccc(N)cc3N)cc2)CC1. The minimum absolute atomic E-state index is 0.0625. The molecule has 2 aliphatic carbocycles. The Morgan fingerprint density at radius 1 is 0.610 bits per heavy atom. The fourth-order valence-corrected chi connectivity index (χ4v) is 8.04. The van der Waals surface area contributed by atoms with Crippen LogP contribution in [-0.4, -0.2) is 37.1 Å². The number of benzene rings is 3. The molecule has 3 aromatic rings. The maximum Gasteiger partial charge on any atom is 0.330 e. The number of hydrogen-bond donors (Lipinski definition) is 2. The van der Waals surface area contributed by atoms with Gasteiger partial charge in [0, 0.05) is 23.5 Å². The van der Waals surface area contributed by atoms with Crippen LogP contribution in [0.1, 0.15) is 126 Å². The molecule has 0 unspecified atom stereocenters. The van der Waals surface area contributed by atoms with E-state index < -0.39 is 17.9 Å². The maximum atomic E-state index is 12.8. The summed E-state index contributed by atoms with van der Waals surface area (Å²) < 4.78 is 22.5. The Balaban J connectivity index is 1.07. The van der Waals surface area contributed by atoms with Crippen LogP contribution in [0.3, 0.4) is 0 Å². The third-order valence-corrected chi connectivity index (χ3v) is 11.7. The van der Waals surface area contributed by atoms with Gasteiger partial charge in [-0.1, -0.05) is 82.7 Å². The summed E-state index contributed by atoms with van der Waals surface area (Å²) in [6.45, 7) is 4.20. The van der Waals surface area contributed by atoms with Crippen molar-refractivity contribution in [1.29, 1.82) is 0 Å². The lowest BCUT2D eigenvalue weighted by Crippen LogP contribution is -2.25. The Morgan fingerprint density at radius 2 is 1.03 bits per heavy atom. The average Bonchev–Trinajstić information content (AvgIpc) is 3.25. The van der Waals surface area contributed by atoms with Gasteiger partial charge in [-0.25, -0.2) is 9.59 Å². The van der Waals surface area contributed by atoms with Crippen LogP contribution in [0, 0.1) is 23.7 Å². The van der Waals surface area contributed by atoms with E-state index in [4.69, 9.17) is 30.4 Å². The highest BCUT2D eigenvalue weighted by molar-refractivity contribution is 5.88. The highest BCUT2D eigenvalue weighted by Crippen LogP contribution is 2.34.